The van der Waals surface area contributed by atoms with Crippen LogP contribution in [0.15, 0.2) is 41.4 Å². The fourth-order valence-corrected chi connectivity index (χ4v) is 1.74. The Morgan fingerprint density at radius 2 is 2.07 bits per heavy atom. The summed E-state index contributed by atoms with van der Waals surface area (Å²) in [6.45, 7) is 11.0. The van der Waals surface area contributed by atoms with Gasteiger partial charge < -0.3 is 0 Å². The summed E-state index contributed by atoms with van der Waals surface area (Å²) in [6.07, 6.45) is 8.89. The van der Waals surface area contributed by atoms with Gasteiger partial charge in [0.25, 0.3) is 0 Å². The van der Waals surface area contributed by atoms with E-state index >= 15 is 0 Å². The van der Waals surface area contributed by atoms with Gasteiger partial charge in [0.05, 0.1) is 5.04 Å². The highest BCUT2D eigenvalue weighted by Crippen LogP contribution is 2.12. The summed E-state index contributed by atoms with van der Waals surface area (Å²) in [7, 11) is 0. The Balaban J connectivity index is 4.52. The van der Waals surface area contributed by atoms with Crippen molar-refractivity contribution in [2.75, 3.05) is 12.3 Å². The first kappa shape index (κ1) is 14.2. The summed E-state index contributed by atoms with van der Waals surface area (Å²) in [5.41, 5.74) is 1.23. The molecule has 0 N–H and O–H groups in total. The van der Waals surface area contributed by atoms with Gasteiger partial charge in [0.15, 0.2) is 0 Å². The number of thioether (sulfide) groups is 1. The van der Waals surface area contributed by atoms with Gasteiger partial charge >= 0.3 is 0 Å². The van der Waals surface area contributed by atoms with Crippen molar-refractivity contribution in [1.29, 1.82) is 0 Å². The molecule has 0 aromatic carbocycles. The third-order valence-corrected chi connectivity index (χ3v) is 2.70. The summed E-state index contributed by atoms with van der Waals surface area (Å²) in [4.78, 5) is 4.56. The van der Waals surface area contributed by atoms with Gasteiger partial charge in [0.2, 0.25) is 0 Å². The minimum absolute atomic E-state index is 0.915. The number of allylic oxidation sites excluding steroid dienone is 4. The van der Waals surface area contributed by atoms with E-state index in [2.05, 4.69) is 38.4 Å². The van der Waals surface area contributed by atoms with Crippen LogP contribution in [0.1, 0.15) is 27.2 Å². The van der Waals surface area contributed by atoms with Crippen LogP contribution in [-0.2, 0) is 0 Å². The minimum Gasteiger partial charge on any atom is -0.278 e. The Morgan fingerprint density at radius 3 is 2.60 bits per heavy atom. The minimum atomic E-state index is 0.915. The predicted molar refractivity (Wildman–Crippen MR) is 73.8 cm³/mol. The fourth-order valence-electron chi connectivity index (χ4n) is 0.984. The van der Waals surface area contributed by atoms with E-state index < -0.39 is 0 Å². The van der Waals surface area contributed by atoms with Gasteiger partial charge in [-0.2, -0.15) is 0 Å². The molecule has 0 aliphatic heterocycles. The monoisotopic (exact) mass is 223 g/mol. The Labute approximate surface area is 98.1 Å². The molecule has 0 amide bonds. The van der Waals surface area contributed by atoms with Gasteiger partial charge in [-0.15, -0.1) is 11.8 Å². The Kier molecular flexibility index (Phi) is 9.29. The zero-order valence-electron chi connectivity index (χ0n) is 9.99. The highest BCUT2D eigenvalue weighted by Gasteiger charge is 1.99. The first-order valence-corrected chi connectivity index (χ1v) is 6.38. The van der Waals surface area contributed by atoms with Crippen LogP contribution in [0.4, 0.5) is 0 Å². The molecule has 0 fully saturated rings. The van der Waals surface area contributed by atoms with Crippen LogP contribution in [0, 0.1) is 0 Å². The number of hydrogen-bond acceptors (Lipinski definition) is 2. The highest BCUT2D eigenvalue weighted by molar-refractivity contribution is 8.14. The highest BCUT2D eigenvalue weighted by atomic mass is 32.2. The summed E-state index contributed by atoms with van der Waals surface area (Å²) in [5.74, 6) is 1.07. The molecule has 0 aliphatic carbocycles. The molecule has 0 bridgehead atoms. The average Bonchev–Trinajstić information content (AvgIpc) is 2.24. The maximum Gasteiger partial charge on any atom is 0.0933 e. The zero-order valence-corrected chi connectivity index (χ0v) is 10.8. The van der Waals surface area contributed by atoms with Crippen molar-refractivity contribution in [2.24, 2.45) is 4.99 Å². The third kappa shape index (κ3) is 7.20. The van der Waals surface area contributed by atoms with E-state index in [1.54, 1.807) is 17.8 Å². The Morgan fingerprint density at radius 1 is 1.33 bits per heavy atom. The van der Waals surface area contributed by atoms with Gasteiger partial charge in [0.1, 0.15) is 0 Å². The van der Waals surface area contributed by atoms with Crippen LogP contribution in [-0.4, -0.2) is 17.3 Å². The second-order valence-corrected chi connectivity index (χ2v) is 4.34. The van der Waals surface area contributed by atoms with Gasteiger partial charge in [0, 0.05) is 6.54 Å². The fraction of sp³-hybridized carbons (Fsp3) is 0.462. The van der Waals surface area contributed by atoms with Crippen molar-refractivity contribution in [1.82, 2.24) is 0 Å². The average molecular weight is 223 g/mol. The summed E-state index contributed by atoms with van der Waals surface area (Å²) in [5, 5.41) is 1.16. The standard InChI is InChI=1S/C13H21NS/c1-5-8-9-10-12(4)13(15-7-3)14-11-6-2/h5,8-10H,1,6-7,11H2,2-4H3/b9-8-,12-10+,14-13+. The molecule has 0 unspecified atom stereocenters. The van der Waals surface area contributed by atoms with E-state index in [4.69, 9.17) is 0 Å². The summed E-state index contributed by atoms with van der Waals surface area (Å²) in [6, 6.07) is 0. The van der Waals surface area contributed by atoms with Crippen LogP contribution in [0.2, 0.25) is 0 Å². The first-order chi connectivity index (χ1) is 7.26. The molecule has 0 spiro atoms. The normalized spacial score (nSPS) is 13.5. The first-order valence-electron chi connectivity index (χ1n) is 5.39. The zero-order chi connectivity index (χ0) is 11.5. The van der Waals surface area contributed by atoms with Crippen LogP contribution in [0.25, 0.3) is 0 Å². The molecular formula is C13H21NS. The van der Waals surface area contributed by atoms with Crippen molar-refractivity contribution in [3.05, 3.63) is 36.5 Å². The Bertz CT molecular complexity index is 262. The lowest BCUT2D eigenvalue weighted by Crippen LogP contribution is -1.96. The lowest BCUT2D eigenvalue weighted by Gasteiger charge is -2.04. The van der Waals surface area contributed by atoms with Crippen LogP contribution in [0.3, 0.4) is 0 Å². The van der Waals surface area contributed by atoms with Gasteiger partial charge in [-0.1, -0.05) is 44.7 Å². The number of aliphatic imine (C=N–C) groups is 1. The van der Waals surface area contributed by atoms with Crippen LogP contribution < -0.4 is 0 Å². The molecule has 0 heterocycles. The topological polar surface area (TPSA) is 12.4 Å². The predicted octanol–water partition coefficient (Wildman–Crippen LogP) is 4.24. The molecular weight excluding hydrogens is 202 g/mol. The largest absolute Gasteiger partial charge is 0.278 e. The van der Waals surface area contributed by atoms with Crippen LogP contribution >= 0.6 is 11.8 Å². The molecule has 0 aromatic rings. The lowest BCUT2D eigenvalue weighted by atomic mass is 10.3. The molecule has 84 valence electrons. The molecule has 0 saturated heterocycles. The Hall–Kier alpha value is -0.760. The quantitative estimate of drug-likeness (QED) is 0.373. The van der Waals surface area contributed by atoms with E-state index in [-0.39, 0.29) is 0 Å². The molecule has 15 heavy (non-hydrogen) atoms. The van der Waals surface area contributed by atoms with Crippen molar-refractivity contribution in [3.8, 4) is 0 Å². The van der Waals surface area contributed by atoms with Crippen molar-refractivity contribution < 1.29 is 0 Å². The molecule has 1 nitrogen and oxygen atoms in total. The SMILES string of the molecule is C=C\C=C/C=C(C)/C(=N\CCC)SCC. The van der Waals surface area contributed by atoms with Crippen molar-refractivity contribution in [3.63, 3.8) is 0 Å². The second kappa shape index (κ2) is 9.78. The number of nitrogens with zero attached hydrogens (tertiary/aromatic N) is 1. The van der Waals surface area contributed by atoms with E-state index in [1.807, 2.05) is 12.2 Å². The molecule has 0 atom stereocenters. The smallest absolute Gasteiger partial charge is 0.0933 e. The van der Waals surface area contributed by atoms with E-state index in [9.17, 15) is 0 Å². The maximum atomic E-state index is 4.56. The van der Waals surface area contributed by atoms with E-state index in [1.165, 1.54) is 5.57 Å². The molecule has 0 saturated carbocycles. The van der Waals surface area contributed by atoms with Crippen molar-refractivity contribution >= 4 is 16.8 Å². The van der Waals surface area contributed by atoms with Gasteiger partial charge in [-0.25, -0.2) is 0 Å². The maximum absolute atomic E-state index is 4.56. The number of hydrogen-bond donors (Lipinski definition) is 0. The molecule has 2 heteroatoms. The van der Waals surface area contributed by atoms with Gasteiger partial charge in [-0.05, 0) is 24.7 Å². The molecule has 0 radical (unpaired) electrons. The van der Waals surface area contributed by atoms with E-state index in [0.717, 1.165) is 23.8 Å². The van der Waals surface area contributed by atoms with Crippen molar-refractivity contribution in [2.45, 2.75) is 27.2 Å². The second-order valence-electron chi connectivity index (χ2n) is 3.09. The van der Waals surface area contributed by atoms with Gasteiger partial charge in [-0.3, -0.25) is 4.99 Å². The molecule has 0 aliphatic rings. The third-order valence-electron chi connectivity index (χ3n) is 1.69. The number of rotatable bonds is 6. The molecule has 0 aromatic heterocycles. The molecule has 0 rings (SSSR count). The summed E-state index contributed by atoms with van der Waals surface area (Å²) >= 11 is 1.80. The van der Waals surface area contributed by atoms with Crippen LogP contribution in [0.5, 0.6) is 0 Å². The lowest BCUT2D eigenvalue weighted by molar-refractivity contribution is 0.935. The summed E-state index contributed by atoms with van der Waals surface area (Å²) < 4.78 is 0. The van der Waals surface area contributed by atoms with E-state index in [0.29, 0.717) is 0 Å².